The van der Waals surface area contributed by atoms with E-state index in [1.807, 2.05) is 0 Å². The summed E-state index contributed by atoms with van der Waals surface area (Å²) in [5, 5.41) is 10.6. The van der Waals surface area contributed by atoms with Crippen molar-refractivity contribution in [2.75, 3.05) is 17.1 Å². The first kappa shape index (κ1) is 11.5. The molecule has 1 heterocycles. The van der Waals surface area contributed by atoms with E-state index in [4.69, 9.17) is 0 Å². The standard InChI is InChI=1S/C9H8N2O5S/c1-10-8-4-6(11(13)14)2-3-7(8)9(12)5-17(10,15)16/h2-4H,5H2,1H3. The number of carbonyl (C=O) groups excluding carboxylic acids is 1. The van der Waals surface area contributed by atoms with Crippen LogP contribution in [-0.2, 0) is 10.0 Å². The normalized spacial score (nSPS) is 17.7. The number of ketones is 1. The Labute approximate surface area is 96.9 Å². The molecule has 1 aromatic rings. The van der Waals surface area contributed by atoms with Gasteiger partial charge in [0.15, 0.2) is 5.78 Å². The number of non-ortho nitro benzene ring substituents is 1. The third-order valence-electron chi connectivity index (χ3n) is 2.56. The Bertz CT molecular complexity index is 622. The number of sulfonamides is 1. The fraction of sp³-hybridized carbons (Fsp3) is 0.222. The second-order valence-electron chi connectivity index (χ2n) is 3.61. The lowest BCUT2D eigenvalue weighted by atomic mass is 10.1. The summed E-state index contributed by atoms with van der Waals surface area (Å²) in [6, 6.07) is 3.55. The lowest BCUT2D eigenvalue weighted by Crippen LogP contribution is -2.37. The van der Waals surface area contributed by atoms with Crippen molar-refractivity contribution in [3.8, 4) is 0 Å². The van der Waals surface area contributed by atoms with E-state index in [9.17, 15) is 23.3 Å². The van der Waals surface area contributed by atoms with Gasteiger partial charge in [-0.05, 0) is 6.07 Å². The summed E-state index contributed by atoms with van der Waals surface area (Å²) in [4.78, 5) is 21.5. The average molecular weight is 256 g/mol. The molecule has 1 aliphatic rings. The number of nitro benzene ring substituents is 1. The van der Waals surface area contributed by atoms with E-state index in [0.29, 0.717) is 0 Å². The van der Waals surface area contributed by atoms with E-state index in [-0.39, 0.29) is 16.9 Å². The SMILES string of the molecule is CN1c2cc([N+](=O)[O-])ccc2C(=O)CS1(=O)=O. The van der Waals surface area contributed by atoms with Gasteiger partial charge >= 0.3 is 0 Å². The number of nitro groups is 1. The molecule has 17 heavy (non-hydrogen) atoms. The van der Waals surface area contributed by atoms with Crippen molar-refractivity contribution in [3.05, 3.63) is 33.9 Å². The molecule has 8 heteroatoms. The molecule has 0 N–H and O–H groups in total. The zero-order chi connectivity index (χ0) is 12.8. The number of anilines is 1. The van der Waals surface area contributed by atoms with Crippen molar-refractivity contribution in [1.82, 2.24) is 0 Å². The van der Waals surface area contributed by atoms with Gasteiger partial charge in [0.05, 0.1) is 10.6 Å². The van der Waals surface area contributed by atoms with Gasteiger partial charge in [-0.2, -0.15) is 0 Å². The fourth-order valence-electron chi connectivity index (χ4n) is 1.62. The highest BCUT2D eigenvalue weighted by atomic mass is 32.2. The van der Waals surface area contributed by atoms with Crippen LogP contribution in [0.2, 0.25) is 0 Å². The van der Waals surface area contributed by atoms with E-state index in [1.54, 1.807) is 0 Å². The third-order valence-corrected chi connectivity index (χ3v) is 4.22. The van der Waals surface area contributed by atoms with Crippen LogP contribution in [0.25, 0.3) is 0 Å². The van der Waals surface area contributed by atoms with Crippen molar-refractivity contribution >= 4 is 27.2 Å². The summed E-state index contributed by atoms with van der Waals surface area (Å²) in [6.45, 7) is 0. The number of rotatable bonds is 1. The quantitative estimate of drug-likeness (QED) is 0.540. The van der Waals surface area contributed by atoms with Crippen molar-refractivity contribution in [2.45, 2.75) is 0 Å². The maximum atomic E-state index is 11.6. The molecular weight excluding hydrogens is 248 g/mol. The van der Waals surface area contributed by atoms with Gasteiger partial charge < -0.3 is 0 Å². The minimum atomic E-state index is -3.71. The monoisotopic (exact) mass is 256 g/mol. The minimum absolute atomic E-state index is 0.0513. The van der Waals surface area contributed by atoms with Crippen molar-refractivity contribution < 1.29 is 18.1 Å². The highest BCUT2D eigenvalue weighted by molar-refractivity contribution is 7.93. The van der Waals surface area contributed by atoms with Gasteiger partial charge in [-0.3, -0.25) is 19.2 Å². The second kappa shape index (κ2) is 3.52. The second-order valence-corrected chi connectivity index (χ2v) is 5.61. The van der Waals surface area contributed by atoms with Gasteiger partial charge in [-0.15, -0.1) is 0 Å². The first-order chi connectivity index (χ1) is 7.83. The highest BCUT2D eigenvalue weighted by Gasteiger charge is 2.33. The summed E-state index contributed by atoms with van der Waals surface area (Å²) in [6.07, 6.45) is 0. The molecule has 0 fully saturated rings. The number of hydrogen-bond acceptors (Lipinski definition) is 5. The molecule has 1 aliphatic heterocycles. The Kier molecular flexibility index (Phi) is 2.39. The van der Waals surface area contributed by atoms with E-state index in [2.05, 4.69) is 0 Å². The molecular formula is C9H8N2O5S. The van der Waals surface area contributed by atoms with Crippen molar-refractivity contribution in [2.24, 2.45) is 0 Å². The van der Waals surface area contributed by atoms with Gasteiger partial charge in [0.2, 0.25) is 10.0 Å². The van der Waals surface area contributed by atoms with Gasteiger partial charge in [0.1, 0.15) is 5.75 Å². The predicted molar refractivity (Wildman–Crippen MR) is 59.6 cm³/mol. The van der Waals surface area contributed by atoms with Gasteiger partial charge in [0, 0.05) is 24.7 Å². The Hall–Kier alpha value is -1.96. The Morgan fingerprint density at radius 1 is 1.41 bits per heavy atom. The van der Waals surface area contributed by atoms with Gasteiger partial charge in [-0.1, -0.05) is 0 Å². The van der Waals surface area contributed by atoms with Gasteiger partial charge in [-0.25, -0.2) is 8.42 Å². The van der Waals surface area contributed by atoms with Crippen LogP contribution in [0.5, 0.6) is 0 Å². The molecule has 0 spiro atoms. The number of nitrogens with zero attached hydrogens (tertiary/aromatic N) is 2. The van der Waals surface area contributed by atoms with Gasteiger partial charge in [0.25, 0.3) is 5.69 Å². The molecule has 0 aliphatic carbocycles. The number of carbonyl (C=O) groups is 1. The van der Waals surface area contributed by atoms with Crippen molar-refractivity contribution in [3.63, 3.8) is 0 Å². The summed E-state index contributed by atoms with van der Waals surface area (Å²) < 4.78 is 24.0. The maximum absolute atomic E-state index is 11.6. The Morgan fingerprint density at radius 2 is 2.06 bits per heavy atom. The molecule has 90 valence electrons. The molecule has 2 rings (SSSR count). The highest BCUT2D eigenvalue weighted by Crippen LogP contribution is 2.31. The van der Waals surface area contributed by atoms with Crippen LogP contribution < -0.4 is 4.31 Å². The lowest BCUT2D eigenvalue weighted by molar-refractivity contribution is -0.384. The first-order valence-corrected chi connectivity index (χ1v) is 6.22. The molecule has 0 radical (unpaired) electrons. The average Bonchev–Trinajstić information content (AvgIpc) is 2.25. The van der Waals surface area contributed by atoms with Crippen LogP contribution in [0.3, 0.4) is 0 Å². The molecule has 0 atom stereocenters. The molecule has 0 unspecified atom stereocenters. The summed E-state index contributed by atoms with van der Waals surface area (Å²) in [5.41, 5.74) is -0.0103. The molecule has 7 nitrogen and oxygen atoms in total. The summed E-state index contributed by atoms with van der Waals surface area (Å²) in [5.74, 6) is -1.15. The van der Waals surface area contributed by atoms with Crippen LogP contribution in [0.4, 0.5) is 11.4 Å². The van der Waals surface area contributed by atoms with E-state index in [1.165, 1.54) is 19.2 Å². The van der Waals surface area contributed by atoms with E-state index >= 15 is 0 Å². The molecule has 0 saturated heterocycles. The summed E-state index contributed by atoms with van der Waals surface area (Å²) >= 11 is 0. The number of fused-ring (bicyclic) bond motifs is 1. The zero-order valence-corrected chi connectivity index (χ0v) is 9.60. The molecule has 0 aromatic heterocycles. The summed E-state index contributed by atoms with van der Waals surface area (Å²) in [7, 11) is -2.44. The minimum Gasteiger partial charge on any atom is -0.293 e. The maximum Gasteiger partial charge on any atom is 0.271 e. The topological polar surface area (TPSA) is 97.6 Å². The zero-order valence-electron chi connectivity index (χ0n) is 8.78. The molecule has 0 amide bonds. The van der Waals surface area contributed by atoms with E-state index < -0.39 is 26.5 Å². The van der Waals surface area contributed by atoms with Crippen LogP contribution in [-0.4, -0.2) is 31.9 Å². The lowest BCUT2D eigenvalue weighted by Gasteiger charge is -2.25. The van der Waals surface area contributed by atoms with Crippen LogP contribution in [0.15, 0.2) is 18.2 Å². The Balaban J connectivity index is 2.68. The number of hydrogen-bond donors (Lipinski definition) is 0. The molecule has 0 bridgehead atoms. The molecule has 1 aromatic carbocycles. The Morgan fingerprint density at radius 3 is 2.65 bits per heavy atom. The fourth-order valence-corrected chi connectivity index (χ4v) is 2.75. The predicted octanol–water partition coefficient (Wildman–Crippen LogP) is 0.557. The van der Waals surface area contributed by atoms with Crippen LogP contribution in [0, 0.1) is 10.1 Å². The third kappa shape index (κ3) is 1.76. The van der Waals surface area contributed by atoms with Crippen molar-refractivity contribution in [1.29, 1.82) is 0 Å². The number of Topliss-reactive ketones (excluding diaryl/α,β-unsaturated/α-hetero) is 1. The largest absolute Gasteiger partial charge is 0.293 e. The van der Waals surface area contributed by atoms with E-state index in [0.717, 1.165) is 10.4 Å². The first-order valence-electron chi connectivity index (χ1n) is 4.61. The molecule has 0 saturated carbocycles. The van der Waals surface area contributed by atoms with Crippen LogP contribution in [0.1, 0.15) is 10.4 Å². The number of benzene rings is 1. The smallest absolute Gasteiger partial charge is 0.271 e. The van der Waals surface area contributed by atoms with Crippen LogP contribution >= 0.6 is 0 Å².